The van der Waals surface area contributed by atoms with Crippen LogP contribution in [0, 0.1) is 11.3 Å². The van der Waals surface area contributed by atoms with Crippen molar-refractivity contribution in [1.82, 2.24) is 9.88 Å². The third-order valence-electron chi connectivity index (χ3n) is 2.88. The highest BCUT2D eigenvalue weighted by molar-refractivity contribution is 6.21. The van der Waals surface area contributed by atoms with Crippen LogP contribution in [-0.4, -0.2) is 27.7 Å². The molecule has 0 aromatic carbocycles. The van der Waals surface area contributed by atoms with Crippen molar-refractivity contribution >= 4 is 11.8 Å². The predicted molar refractivity (Wildman–Crippen MR) is 59.0 cm³/mol. The molecule has 86 valence electrons. The van der Waals surface area contributed by atoms with Crippen molar-refractivity contribution in [3.63, 3.8) is 0 Å². The first-order valence-corrected chi connectivity index (χ1v) is 5.39. The van der Waals surface area contributed by atoms with E-state index in [1.807, 2.05) is 13.0 Å². The van der Waals surface area contributed by atoms with Gasteiger partial charge in [-0.05, 0) is 12.5 Å². The minimum absolute atomic E-state index is 0.162. The fourth-order valence-corrected chi connectivity index (χ4v) is 1.96. The van der Waals surface area contributed by atoms with Gasteiger partial charge in [-0.3, -0.25) is 19.5 Å². The van der Waals surface area contributed by atoms with E-state index in [0.29, 0.717) is 17.5 Å². The number of hydrogen-bond acceptors (Lipinski definition) is 4. The van der Waals surface area contributed by atoms with Gasteiger partial charge in [0.05, 0.1) is 29.7 Å². The molecule has 5 nitrogen and oxygen atoms in total. The number of carbonyl (C=O) groups is 2. The molecule has 0 N–H and O–H groups in total. The number of amides is 2. The molecule has 2 heterocycles. The van der Waals surface area contributed by atoms with Gasteiger partial charge < -0.3 is 0 Å². The van der Waals surface area contributed by atoms with Crippen LogP contribution in [0.2, 0.25) is 0 Å². The predicted octanol–water partition coefficient (Wildman–Crippen LogP) is 1.37. The molecule has 1 aromatic rings. The summed E-state index contributed by atoms with van der Waals surface area (Å²) in [6.45, 7) is 1.85. The molecule has 0 saturated carbocycles. The summed E-state index contributed by atoms with van der Waals surface area (Å²) < 4.78 is 0. The van der Waals surface area contributed by atoms with Crippen LogP contribution < -0.4 is 0 Å². The van der Waals surface area contributed by atoms with Crippen molar-refractivity contribution in [2.75, 3.05) is 0 Å². The van der Waals surface area contributed by atoms with Crippen molar-refractivity contribution in [3.8, 4) is 6.07 Å². The average molecular weight is 229 g/mol. The van der Waals surface area contributed by atoms with Crippen LogP contribution in [0.5, 0.6) is 0 Å². The number of hydrogen-bond donors (Lipinski definition) is 0. The van der Waals surface area contributed by atoms with Crippen molar-refractivity contribution in [2.45, 2.75) is 25.8 Å². The molecular weight excluding hydrogens is 218 g/mol. The first-order valence-electron chi connectivity index (χ1n) is 5.39. The first-order chi connectivity index (χ1) is 8.20. The van der Waals surface area contributed by atoms with Gasteiger partial charge >= 0.3 is 0 Å². The van der Waals surface area contributed by atoms with Gasteiger partial charge in [-0.15, -0.1) is 0 Å². The quantitative estimate of drug-likeness (QED) is 0.733. The fourth-order valence-electron chi connectivity index (χ4n) is 1.96. The van der Waals surface area contributed by atoms with Gasteiger partial charge in [0, 0.05) is 12.4 Å². The van der Waals surface area contributed by atoms with E-state index in [2.05, 4.69) is 4.98 Å². The van der Waals surface area contributed by atoms with Gasteiger partial charge in [-0.25, -0.2) is 0 Å². The summed E-state index contributed by atoms with van der Waals surface area (Å²) in [4.78, 5) is 29.1. The van der Waals surface area contributed by atoms with Crippen LogP contribution in [0.15, 0.2) is 18.5 Å². The summed E-state index contributed by atoms with van der Waals surface area (Å²) in [7, 11) is 0. The Kier molecular flexibility index (Phi) is 2.88. The summed E-state index contributed by atoms with van der Waals surface area (Å²) in [6, 6.07) is 3.18. The summed E-state index contributed by atoms with van der Waals surface area (Å²) in [5.74, 6) is -0.672. The van der Waals surface area contributed by atoms with E-state index in [1.165, 1.54) is 23.4 Å². The van der Waals surface area contributed by atoms with Crippen LogP contribution in [0.3, 0.4) is 0 Å². The zero-order chi connectivity index (χ0) is 12.4. The van der Waals surface area contributed by atoms with Gasteiger partial charge in [0.1, 0.15) is 0 Å². The topological polar surface area (TPSA) is 74.1 Å². The highest BCUT2D eigenvalue weighted by atomic mass is 16.2. The summed E-state index contributed by atoms with van der Waals surface area (Å²) in [5, 5.41) is 8.71. The molecule has 0 bridgehead atoms. The number of nitriles is 1. The lowest BCUT2D eigenvalue weighted by Gasteiger charge is -2.22. The summed E-state index contributed by atoms with van der Waals surface area (Å²) in [5.41, 5.74) is 0.704. The van der Waals surface area contributed by atoms with E-state index < -0.39 is 0 Å². The molecule has 1 aliphatic rings. The lowest BCUT2D eigenvalue weighted by atomic mass is 10.1. The second kappa shape index (κ2) is 4.34. The monoisotopic (exact) mass is 229 g/mol. The Morgan fingerprint density at radius 1 is 1.41 bits per heavy atom. The van der Waals surface area contributed by atoms with Crippen LogP contribution in [0.1, 0.15) is 40.5 Å². The molecule has 0 saturated heterocycles. The second-order valence-electron chi connectivity index (χ2n) is 3.83. The largest absolute Gasteiger partial charge is 0.270 e. The molecule has 2 rings (SSSR count). The molecule has 5 heteroatoms. The molecule has 1 aromatic heterocycles. The number of fused-ring (bicyclic) bond motifs is 1. The number of carbonyl (C=O) groups excluding carboxylic acids is 2. The Morgan fingerprint density at radius 3 is 2.71 bits per heavy atom. The second-order valence-corrected chi connectivity index (χ2v) is 3.83. The van der Waals surface area contributed by atoms with Crippen molar-refractivity contribution in [1.29, 1.82) is 5.26 Å². The maximum atomic E-state index is 12.1. The summed E-state index contributed by atoms with van der Waals surface area (Å²) >= 11 is 0. The molecule has 1 unspecified atom stereocenters. The molecule has 0 spiro atoms. The van der Waals surface area contributed by atoms with Crippen LogP contribution >= 0.6 is 0 Å². The van der Waals surface area contributed by atoms with Gasteiger partial charge in [-0.2, -0.15) is 5.26 Å². The third kappa shape index (κ3) is 1.68. The van der Waals surface area contributed by atoms with Crippen molar-refractivity contribution in [3.05, 3.63) is 29.6 Å². The minimum atomic E-state index is -0.354. The first kappa shape index (κ1) is 11.3. The highest BCUT2D eigenvalue weighted by Gasteiger charge is 2.39. The molecular formula is C12H11N3O2. The maximum Gasteiger partial charge on any atom is 0.263 e. The lowest BCUT2D eigenvalue weighted by molar-refractivity contribution is 0.0583. The third-order valence-corrected chi connectivity index (χ3v) is 2.88. The minimum Gasteiger partial charge on any atom is -0.270 e. The Labute approximate surface area is 98.7 Å². The normalized spacial score (nSPS) is 15.6. The number of aromatic nitrogens is 1. The maximum absolute atomic E-state index is 12.1. The molecule has 2 amide bonds. The zero-order valence-electron chi connectivity index (χ0n) is 9.38. The fraction of sp³-hybridized carbons (Fsp3) is 0.333. The van der Waals surface area contributed by atoms with E-state index in [4.69, 9.17) is 5.26 Å². The molecule has 1 aliphatic heterocycles. The van der Waals surface area contributed by atoms with Gasteiger partial charge in [-0.1, -0.05) is 6.92 Å². The van der Waals surface area contributed by atoms with Crippen LogP contribution in [0.25, 0.3) is 0 Å². The Balaban J connectivity index is 2.39. The number of rotatable bonds is 3. The van der Waals surface area contributed by atoms with Crippen LogP contribution in [0.4, 0.5) is 0 Å². The van der Waals surface area contributed by atoms with Gasteiger partial charge in [0.15, 0.2) is 0 Å². The Morgan fingerprint density at radius 2 is 2.12 bits per heavy atom. The SMILES string of the molecule is CCC(CC#N)N1C(=O)c2ccncc2C1=O. The molecule has 0 radical (unpaired) electrons. The molecule has 0 aliphatic carbocycles. The molecule has 0 fully saturated rings. The number of nitrogens with zero attached hydrogens (tertiary/aromatic N) is 3. The van der Waals surface area contributed by atoms with E-state index in [0.717, 1.165) is 0 Å². The molecule has 1 atom stereocenters. The van der Waals surface area contributed by atoms with E-state index in [9.17, 15) is 9.59 Å². The number of imide groups is 1. The molecule has 17 heavy (non-hydrogen) atoms. The number of pyridine rings is 1. The lowest BCUT2D eigenvalue weighted by Crippen LogP contribution is -2.39. The van der Waals surface area contributed by atoms with Crippen molar-refractivity contribution in [2.24, 2.45) is 0 Å². The van der Waals surface area contributed by atoms with E-state index in [1.54, 1.807) is 0 Å². The average Bonchev–Trinajstić information content (AvgIpc) is 2.61. The standard InChI is InChI=1S/C12H11N3O2/c1-2-8(3-5-13)15-11(16)9-4-6-14-7-10(9)12(15)17/h4,6-8H,2-3H2,1H3. The Bertz CT molecular complexity index is 484. The van der Waals surface area contributed by atoms with E-state index in [-0.39, 0.29) is 24.3 Å². The van der Waals surface area contributed by atoms with Gasteiger partial charge in [0.25, 0.3) is 11.8 Å². The zero-order valence-corrected chi connectivity index (χ0v) is 9.38. The smallest absolute Gasteiger partial charge is 0.263 e. The van der Waals surface area contributed by atoms with E-state index >= 15 is 0 Å². The van der Waals surface area contributed by atoms with Crippen molar-refractivity contribution < 1.29 is 9.59 Å². The van der Waals surface area contributed by atoms with Crippen LogP contribution in [-0.2, 0) is 0 Å². The van der Waals surface area contributed by atoms with Gasteiger partial charge in [0.2, 0.25) is 0 Å². The Hall–Kier alpha value is -2.22. The summed E-state index contributed by atoms with van der Waals surface area (Å²) in [6.07, 6.45) is 3.62. The highest BCUT2D eigenvalue weighted by Crippen LogP contribution is 2.25.